The van der Waals surface area contributed by atoms with Crippen molar-refractivity contribution in [1.82, 2.24) is 20.3 Å². The molecule has 0 fully saturated rings. The van der Waals surface area contributed by atoms with Crippen molar-refractivity contribution in [3.05, 3.63) is 17.3 Å². The number of carbonyl (C=O) groups excluding carboxylic acids is 1. The van der Waals surface area contributed by atoms with Gasteiger partial charge < -0.3 is 16.4 Å². The van der Waals surface area contributed by atoms with Gasteiger partial charge in [-0.3, -0.25) is 4.79 Å². The maximum Gasteiger partial charge on any atom is 0.222 e. The number of nitrogen functional groups attached to an aromatic ring is 1. The summed E-state index contributed by atoms with van der Waals surface area (Å²) in [5.41, 5.74) is 6.64. The number of nitrogens with two attached hydrogens (primary N) is 1. The molecule has 2 rings (SSSR count). The summed E-state index contributed by atoms with van der Waals surface area (Å²) >= 11 is 5.99. The van der Waals surface area contributed by atoms with E-state index in [0.717, 1.165) is 25.7 Å². The number of aromatic nitrogens is 3. The van der Waals surface area contributed by atoms with Gasteiger partial charge in [0.1, 0.15) is 5.52 Å². The first kappa shape index (κ1) is 19.2. The summed E-state index contributed by atoms with van der Waals surface area (Å²) in [5.74, 6) is 0.624. The van der Waals surface area contributed by atoms with Crippen LogP contribution in [-0.4, -0.2) is 32.9 Å². The molecular formula is C17H25ClN6O. The van der Waals surface area contributed by atoms with E-state index in [2.05, 4.69) is 39.4 Å². The molecule has 25 heavy (non-hydrogen) atoms. The molecule has 0 bridgehead atoms. The van der Waals surface area contributed by atoms with Gasteiger partial charge in [0.25, 0.3) is 0 Å². The third kappa shape index (κ3) is 5.42. The fourth-order valence-corrected chi connectivity index (χ4v) is 2.82. The normalized spacial score (nSPS) is 13.4. The van der Waals surface area contributed by atoms with Crippen molar-refractivity contribution in [1.29, 1.82) is 0 Å². The summed E-state index contributed by atoms with van der Waals surface area (Å²) in [6.07, 6.45) is 5.71. The molecule has 0 saturated carbocycles. The molecule has 0 saturated heterocycles. The largest absolute Gasteiger partial charge is 0.368 e. The number of anilines is 2. The summed E-state index contributed by atoms with van der Waals surface area (Å²) in [6, 6.07) is 1.70. The quantitative estimate of drug-likeness (QED) is 0.621. The molecule has 0 aromatic carbocycles. The Bertz CT molecular complexity index is 748. The van der Waals surface area contributed by atoms with Gasteiger partial charge in [-0.1, -0.05) is 37.8 Å². The molecule has 0 aliphatic rings. The number of fused-ring (bicyclic) bond motifs is 1. The van der Waals surface area contributed by atoms with Gasteiger partial charge in [0.15, 0.2) is 5.82 Å². The van der Waals surface area contributed by atoms with Crippen molar-refractivity contribution in [3.63, 3.8) is 0 Å². The molecule has 1 amide bonds. The zero-order valence-corrected chi connectivity index (χ0v) is 15.7. The number of halogens is 1. The van der Waals surface area contributed by atoms with Crippen LogP contribution in [0.25, 0.3) is 11.0 Å². The number of hydrogen-bond acceptors (Lipinski definition) is 6. The van der Waals surface area contributed by atoms with E-state index in [4.69, 9.17) is 17.3 Å². The minimum Gasteiger partial charge on any atom is -0.368 e. The zero-order chi connectivity index (χ0) is 18.4. The molecule has 2 heterocycles. The molecule has 2 aromatic rings. The van der Waals surface area contributed by atoms with Crippen molar-refractivity contribution in [2.45, 2.75) is 52.0 Å². The topological polar surface area (TPSA) is 106 Å². The van der Waals surface area contributed by atoms with Crippen molar-refractivity contribution < 1.29 is 4.79 Å². The Balaban J connectivity index is 2.33. The number of carbonyl (C=O) groups is 1. The number of pyridine rings is 1. The number of hydrogen-bond donors (Lipinski definition) is 3. The van der Waals surface area contributed by atoms with Crippen LogP contribution in [0.1, 0.15) is 46.5 Å². The maximum absolute atomic E-state index is 11.4. The Morgan fingerprint density at radius 1 is 1.36 bits per heavy atom. The Kier molecular flexibility index (Phi) is 6.36. The molecule has 8 heteroatoms. The average Bonchev–Trinajstić information content (AvgIpc) is 2.52. The molecule has 0 spiro atoms. The van der Waals surface area contributed by atoms with E-state index in [1.54, 1.807) is 12.3 Å². The molecule has 0 aliphatic heterocycles. The Morgan fingerprint density at radius 2 is 2.12 bits per heavy atom. The lowest BCUT2D eigenvalue weighted by molar-refractivity contribution is -0.119. The predicted molar refractivity (Wildman–Crippen MR) is 102 cm³/mol. The summed E-state index contributed by atoms with van der Waals surface area (Å²) in [6.45, 7) is 6.20. The van der Waals surface area contributed by atoms with Crippen molar-refractivity contribution >= 4 is 40.3 Å². The van der Waals surface area contributed by atoms with Crippen LogP contribution in [0.3, 0.4) is 0 Å². The van der Waals surface area contributed by atoms with Crippen LogP contribution in [0.4, 0.5) is 11.8 Å². The lowest BCUT2D eigenvalue weighted by Gasteiger charge is -2.32. The number of nitrogens with one attached hydrogen (secondary N) is 2. The van der Waals surface area contributed by atoms with Crippen LogP contribution in [0.2, 0.25) is 5.02 Å². The second-order valence-corrected chi connectivity index (χ2v) is 6.94. The SMILES string of the molecule is CCCCCC(C)(CNC(C)=O)Nc1nc(N)nc2cc(Cl)cnc12. The lowest BCUT2D eigenvalue weighted by atomic mass is 9.94. The standard InChI is InChI=1S/C17H25ClN6O/c1-4-5-6-7-17(3,10-21-11(2)25)24-15-14-13(22-16(19)23-15)8-12(18)9-20-14/h8-9H,4-7,10H2,1-3H3,(H,21,25)(H3,19,22,23,24). The van der Waals surface area contributed by atoms with Crippen molar-refractivity contribution in [2.75, 3.05) is 17.6 Å². The van der Waals surface area contributed by atoms with Gasteiger partial charge in [-0.15, -0.1) is 0 Å². The van der Waals surface area contributed by atoms with E-state index in [1.807, 2.05) is 0 Å². The monoisotopic (exact) mass is 364 g/mol. The highest BCUT2D eigenvalue weighted by molar-refractivity contribution is 6.31. The zero-order valence-electron chi connectivity index (χ0n) is 14.9. The van der Waals surface area contributed by atoms with Crippen LogP contribution >= 0.6 is 11.6 Å². The van der Waals surface area contributed by atoms with E-state index in [9.17, 15) is 4.79 Å². The first-order valence-corrected chi connectivity index (χ1v) is 8.82. The first-order chi connectivity index (χ1) is 11.8. The van der Waals surface area contributed by atoms with Crippen LogP contribution in [0, 0.1) is 0 Å². The summed E-state index contributed by atoms with van der Waals surface area (Å²) < 4.78 is 0. The summed E-state index contributed by atoms with van der Waals surface area (Å²) in [4.78, 5) is 24.2. The number of amides is 1. The van der Waals surface area contributed by atoms with Crippen LogP contribution in [0.15, 0.2) is 12.3 Å². The Labute approximate surface area is 152 Å². The highest BCUT2D eigenvalue weighted by Gasteiger charge is 2.26. The van der Waals surface area contributed by atoms with E-state index >= 15 is 0 Å². The van der Waals surface area contributed by atoms with Gasteiger partial charge in [0, 0.05) is 19.7 Å². The second-order valence-electron chi connectivity index (χ2n) is 6.50. The Hall–Kier alpha value is -2.15. The minimum absolute atomic E-state index is 0.0690. The maximum atomic E-state index is 11.4. The second kappa shape index (κ2) is 8.29. The minimum atomic E-state index is -0.379. The predicted octanol–water partition coefficient (Wildman–Crippen LogP) is 3.15. The number of nitrogens with zero attached hydrogens (tertiary/aromatic N) is 3. The van der Waals surface area contributed by atoms with Gasteiger partial charge in [0.2, 0.25) is 11.9 Å². The van der Waals surface area contributed by atoms with Crippen LogP contribution < -0.4 is 16.4 Å². The number of unbranched alkanes of at least 4 members (excludes halogenated alkanes) is 2. The molecule has 0 radical (unpaired) electrons. The van der Waals surface area contributed by atoms with Crippen LogP contribution in [-0.2, 0) is 4.79 Å². The molecule has 0 aliphatic carbocycles. The van der Waals surface area contributed by atoms with Crippen molar-refractivity contribution in [3.8, 4) is 0 Å². The van der Waals surface area contributed by atoms with E-state index < -0.39 is 0 Å². The summed E-state index contributed by atoms with van der Waals surface area (Å²) in [5, 5.41) is 6.80. The van der Waals surface area contributed by atoms with Crippen molar-refractivity contribution in [2.24, 2.45) is 0 Å². The van der Waals surface area contributed by atoms with Gasteiger partial charge in [0.05, 0.1) is 16.1 Å². The first-order valence-electron chi connectivity index (χ1n) is 8.44. The highest BCUT2D eigenvalue weighted by atomic mass is 35.5. The molecule has 1 atom stereocenters. The Morgan fingerprint density at radius 3 is 2.80 bits per heavy atom. The molecular weight excluding hydrogens is 340 g/mol. The fraction of sp³-hybridized carbons (Fsp3) is 0.529. The van der Waals surface area contributed by atoms with Gasteiger partial charge in [-0.05, 0) is 19.4 Å². The highest BCUT2D eigenvalue weighted by Crippen LogP contribution is 2.26. The van der Waals surface area contributed by atoms with E-state index in [0.29, 0.717) is 28.4 Å². The third-order valence-electron chi connectivity index (χ3n) is 4.00. The fourth-order valence-electron chi connectivity index (χ4n) is 2.66. The molecule has 2 aromatic heterocycles. The van der Waals surface area contributed by atoms with Gasteiger partial charge >= 0.3 is 0 Å². The molecule has 4 N–H and O–H groups in total. The average molecular weight is 365 g/mol. The van der Waals surface area contributed by atoms with Gasteiger partial charge in [-0.2, -0.15) is 4.98 Å². The smallest absolute Gasteiger partial charge is 0.222 e. The summed E-state index contributed by atoms with van der Waals surface area (Å²) in [7, 11) is 0. The molecule has 1 unspecified atom stereocenters. The van der Waals surface area contributed by atoms with Crippen LogP contribution in [0.5, 0.6) is 0 Å². The van der Waals surface area contributed by atoms with Gasteiger partial charge in [-0.25, -0.2) is 9.97 Å². The lowest BCUT2D eigenvalue weighted by Crippen LogP contribution is -2.46. The van der Waals surface area contributed by atoms with E-state index in [-0.39, 0.29) is 17.4 Å². The molecule has 136 valence electrons. The molecule has 7 nitrogen and oxygen atoms in total. The third-order valence-corrected chi connectivity index (χ3v) is 4.21. The van der Waals surface area contributed by atoms with E-state index in [1.165, 1.54) is 6.92 Å². The number of rotatable bonds is 8.